The molecule has 0 spiro atoms. The molecule has 0 aromatic heterocycles. The topological polar surface area (TPSA) is 168 Å². The Bertz CT molecular complexity index is 1120. The molecule has 0 saturated heterocycles. The molecule has 4 aliphatic carbocycles. The van der Waals surface area contributed by atoms with Crippen molar-refractivity contribution in [2.24, 2.45) is 52.3 Å². The fourth-order valence-electron chi connectivity index (χ4n) is 9.43. The van der Waals surface area contributed by atoms with Crippen LogP contribution in [0, 0.1) is 52.3 Å². The second-order valence-electron chi connectivity index (χ2n) is 13.5. The summed E-state index contributed by atoms with van der Waals surface area (Å²) in [7, 11) is -9.27. The predicted octanol–water partition coefficient (Wildman–Crippen LogP) is 3.81. The summed E-state index contributed by atoms with van der Waals surface area (Å²) in [4.78, 5) is 0. The number of rotatable bonds is 9. The molecule has 0 heterocycles. The van der Waals surface area contributed by atoms with E-state index in [9.17, 15) is 36.2 Å². The normalized spacial score (nSPS) is 43.7. The predicted molar refractivity (Wildman–Crippen MR) is 144 cm³/mol. The molecule has 0 aliphatic heterocycles. The van der Waals surface area contributed by atoms with Gasteiger partial charge in [0.15, 0.2) is 0 Å². The van der Waals surface area contributed by atoms with Crippen molar-refractivity contribution in [3.05, 3.63) is 12.2 Å². The van der Waals surface area contributed by atoms with Crippen LogP contribution in [0.25, 0.3) is 0 Å². The van der Waals surface area contributed by atoms with Crippen LogP contribution in [0.3, 0.4) is 0 Å². The Morgan fingerprint density at radius 3 is 2.21 bits per heavy atom. The molecule has 226 valence electrons. The molecule has 0 aromatic carbocycles. The lowest BCUT2D eigenvalue weighted by atomic mass is 9.43. The first-order valence-corrected chi connectivity index (χ1v) is 17.0. The first kappa shape index (κ1) is 31.3. The molecule has 10 nitrogen and oxygen atoms in total. The second kappa shape index (κ2) is 11.2. The van der Waals surface area contributed by atoms with Crippen LogP contribution in [0.1, 0.15) is 79.1 Å². The van der Waals surface area contributed by atoms with Crippen LogP contribution in [0.2, 0.25) is 0 Å². The van der Waals surface area contributed by atoms with Gasteiger partial charge in [-0.3, -0.25) is 9.11 Å². The van der Waals surface area contributed by atoms with E-state index in [-0.39, 0.29) is 48.0 Å². The number of hydrogen-bond acceptors (Lipinski definition) is 8. The maximum absolute atomic E-state index is 11.7. The third-order valence-corrected chi connectivity index (χ3v) is 11.8. The Balaban J connectivity index is 1.58. The third kappa shape index (κ3) is 6.43. The molecule has 0 aromatic rings. The van der Waals surface area contributed by atoms with Gasteiger partial charge in [0, 0.05) is 5.92 Å². The number of fused-ring (bicyclic) bond motifs is 5. The van der Waals surface area contributed by atoms with Gasteiger partial charge in [0.05, 0.1) is 18.8 Å². The van der Waals surface area contributed by atoms with E-state index in [4.69, 9.17) is 8.37 Å². The van der Waals surface area contributed by atoms with E-state index in [1.165, 1.54) is 0 Å². The zero-order chi connectivity index (χ0) is 29.0. The highest BCUT2D eigenvalue weighted by atomic mass is 32.3. The van der Waals surface area contributed by atoms with E-state index in [0.717, 1.165) is 25.7 Å². The first-order valence-electron chi connectivity index (χ1n) is 14.3. The van der Waals surface area contributed by atoms with Crippen LogP contribution in [0.4, 0.5) is 0 Å². The summed E-state index contributed by atoms with van der Waals surface area (Å²) in [5.74, 6) is 0.453. The van der Waals surface area contributed by atoms with E-state index in [2.05, 4.69) is 33.8 Å². The van der Waals surface area contributed by atoms with Gasteiger partial charge in [-0.1, -0.05) is 39.8 Å². The Labute approximate surface area is 233 Å². The quantitative estimate of drug-likeness (QED) is 0.228. The van der Waals surface area contributed by atoms with Gasteiger partial charge in [0.2, 0.25) is 0 Å². The van der Waals surface area contributed by atoms with E-state index < -0.39 is 44.5 Å². The van der Waals surface area contributed by atoms with Crippen molar-refractivity contribution in [3.63, 3.8) is 0 Å². The molecule has 0 radical (unpaired) electrons. The number of aliphatic hydroxyl groups is 2. The molecule has 4 rings (SSSR count). The maximum Gasteiger partial charge on any atom is 0.397 e. The minimum absolute atomic E-state index is 0.0679. The highest BCUT2D eigenvalue weighted by Gasteiger charge is 2.65. The highest BCUT2D eigenvalue weighted by Crippen LogP contribution is 2.68. The Morgan fingerprint density at radius 2 is 1.59 bits per heavy atom. The lowest BCUT2D eigenvalue weighted by Gasteiger charge is -2.63. The highest BCUT2D eigenvalue weighted by molar-refractivity contribution is 7.81. The average molecular weight is 595 g/mol. The lowest BCUT2D eigenvalue weighted by molar-refractivity contribution is -0.204. The van der Waals surface area contributed by atoms with Crippen LogP contribution in [-0.2, 0) is 29.2 Å². The van der Waals surface area contributed by atoms with E-state index in [0.29, 0.717) is 31.1 Å². The van der Waals surface area contributed by atoms with Gasteiger partial charge < -0.3 is 10.2 Å². The summed E-state index contributed by atoms with van der Waals surface area (Å²) in [6, 6.07) is 0. The van der Waals surface area contributed by atoms with E-state index in [1.807, 2.05) is 6.08 Å². The summed E-state index contributed by atoms with van der Waals surface area (Å²) in [5, 5.41) is 22.8. The van der Waals surface area contributed by atoms with Gasteiger partial charge in [-0.25, -0.2) is 8.37 Å². The number of hydrogen-bond donors (Lipinski definition) is 4. The SMILES string of the molecule is CC(C)C/C=C/[C@@H](COS(=O)(=O)O)[C@H]1CCC2C3CC[C@@H]4[C@H](O)[C@H](OS(=O)(=O)O)CC[C@]4(C)C3[C@@H](O)C[C@@]21C. The molecular weight excluding hydrogens is 548 g/mol. The molecule has 4 N–H and O–H groups in total. The summed E-state index contributed by atoms with van der Waals surface area (Å²) in [5.41, 5.74) is -0.673. The monoisotopic (exact) mass is 594 g/mol. The standard InChI is InChI=1S/C27H46O10S2/c1-16(2)6-5-7-17(15-36-38(30,31)32)19-10-11-20-18-8-9-21-25(29)23(37-39(33,34)35)12-13-26(21,3)24(18)22(28)14-27(19,20)4/h5,7,16-25,28-29H,6,8-15H2,1-4H3,(H,30,31,32)(H,33,34,35)/b7-5+/t17-,18?,19+,20?,21+,22-,23+,24?,25-,26-,27+/m0/s1. The molecule has 4 fully saturated rings. The van der Waals surface area contributed by atoms with Gasteiger partial charge in [-0.15, -0.1) is 0 Å². The Morgan fingerprint density at radius 1 is 0.923 bits per heavy atom. The van der Waals surface area contributed by atoms with Gasteiger partial charge in [-0.05, 0) is 97.7 Å². The summed E-state index contributed by atoms with van der Waals surface area (Å²) >= 11 is 0. The lowest BCUT2D eigenvalue weighted by Crippen LogP contribution is -2.62. The third-order valence-electron chi connectivity index (χ3n) is 10.9. The molecule has 0 bridgehead atoms. The van der Waals surface area contributed by atoms with Crippen LogP contribution in [0.5, 0.6) is 0 Å². The zero-order valence-electron chi connectivity index (χ0n) is 23.3. The van der Waals surface area contributed by atoms with Crippen molar-refractivity contribution in [2.75, 3.05) is 6.61 Å². The fraction of sp³-hybridized carbons (Fsp3) is 0.926. The molecule has 12 heteroatoms. The second-order valence-corrected chi connectivity index (χ2v) is 15.6. The van der Waals surface area contributed by atoms with Crippen LogP contribution in [-0.4, -0.2) is 61.1 Å². The van der Waals surface area contributed by atoms with Crippen molar-refractivity contribution in [1.82, 2.24) is 0 Å². The molecule has 11 atom stereocenters. The zero-order valence-corrected chi connectivity index (χ0v) is 25.0. The van der Waals surface area contributed by atoms with Gasteiger partial charge in [0.25, 0.3) is 0 Å². The van der Waals surface area contributed by atoms with Crippen molar-refractivity contribution in [2.45, 2.75) is 97.4 Å². The minimum atomic E-state index is -4.69. The van der Waals surface area contributed by atoms with Gasteiger partial charge >= 0.3 is 20.8 Å². The van der Waals surface area contributed by atoms with Crippen molar-refractivity contribution < 1.29 is 44.5 Å². The van der Waals surface area contributed by atoms with Gasteiger partial charge in [0.1, 0.15) is 6.10 Å². The molecule has 4 saturated carbocycles. The van der Waals surface area contributed by atoms with Crippen LogP contribution >= 0.6 is 0 Å². The molecule has 3 unspecified atom stereocenters. The molecule has 39 heavy (non-hydrogen) atoms. The number of aliphatic hydroxyl groups excluding tert-OH is 2. The summed E-state index contributed by atoms with van der Waals surface area (Å²) in [6.45, 7) is 8.36. The number of allylic oxidation sites excluding steroid dienone is 1. The largest absolute Gasteiger partial charge is 0.397 e. The van der Waals surface area contributed by atoms with E-state index in [1.54, 1.807) is 0 Å². The Hall–Kier alpha value is -0.600. The summed E-state index contributed by atoms with van der Waals surface area (Å²) < 4.78 is 73.6. The minimum Gasteiger partial charge on any atom is -0.393 e. The van der Waals surface area contributed by atoms with Crippen molar-refractivity contribution in [1.29, 1.82) is 0 Å². The molecule has 0 amide bonds. The maximum atomic E-state index is 11.7. The Kier molecular flexibility index (Phi) is 9.03. The smallest absolute Gasteiger partial charge is 0.393 e. The summed E-state index contributed by atoms with van der Waals surface area (Å²) in [6.07, 6.45) is 6.83. The first-order chi connectivity index (χ1) is 18.0. The fourth-order valence-corrected chi connectivity index (χ4v) is 10.3. The average Bonchev–Trinajstić information content (AvgIpc) is 3.12. The van der Waals surface area contributed by atoms with Crippen LogP contribution < -0.4 is 0 Å². The molecular formula is C27H46O10S2. The van der Waals surface area contributed by atoms with Gasteiger partial charge in [-0.2, -0.15) is 16.8 Å². The van der Waals surface area contributed by atoms with Crippen LogP contribution in [0.15, 0.2) is 12.2 Å². The molecule has 4 aliphatic rings. The van der Waals surface area contributed by atoms with Crippen molar-refractivity contribution in [3.8, 4) is 0 Å². The van der Waals surface area contributed by atoms with Crippen molar-refractivity contribution >= 4 is 20.8 Å². The van der Waals surface area contributed by atoms with E-state index >= 15 is 0 Å².